The molecule has 0 aromatic carbocycles. The molecular formula is C7H9ClN2O. The lowest BCUT2D eigenvalue weighted by Crippen LogP contribution is -1.96. The number of alkyl halides is 1. The summed E-state index contributed by atoms with van der Waals surface area (Å²) in [4.78, 5) is 8.08. The van der Waals surface area contributed by atoms with E-state index in [1.54, 1.807) is 13.2 Å². The molecule has 4 heteroatoms. The fraction of sp³-hybridized carbons (Fsp3) is 0.429. The number of hydrogen-bond acceptors (Lipinski definition) is 3. The van der Waals surface area contributed by atoms with Crippen LogP contribution < -0.4 is 4.74 Å². The number of aromatic nitrogens is 2. The molecule has 1 aromatic heterocycles. The summed E-state index contributed by atoms with van der Waals surface area (Å²) >= 11 is 5.55. The second kappa shape index (κ2) is 3.53. The van der Waals surface area contributed by atoms with Gasteiger partial charge in [0.2, 0.25) is 5.88 Å². The van der Waals surface area contributed by atoms with E-state index in [0.29, 0.717) is 17.6 Å². The van der Waals surface area contributed by atoms with Gasteiger partial charge in [-0.3, -0.25) is 0 Å². The van der Waals surface area contributed by atoms with E-state index in [9.17, 15) is 0 Å². The summed E-state index contributed by atoms with van der Waals surface area (Å²) in [6.07, 6.45) is 0. The first-order valence-electron chi connectivity index (χ1n) is 3.20. The van der Waals surface area contributed by atoms with Crippen molar-refractivity contribution >= 4 is 11.6 Å². The Bertz CT molecular complexity index is 230. The quantitative estimate of drug-likeness (QED) is 0.635. The Balaban J connectivity index is 3.02. The molecule has 1 heterocycles. The first-order chi connectivity index (χ1) is 5.26. The van der Waals surface area contributed by atoms with Gasteiger partial charge in [0.05, 0.1) is 13.0 Å². The Morgan fingerprint density at radius 1 is 1.55 bits per heavy atom. The van der Waals surface area contributed by atoms with Gasteiger partial charge in [-0.1, -0.05) is 0 Å². The Morgan fingerprint density at radius 3 is 2.82 bits per heavy atom. The molecule has 0 saturated carbocycles. The third kappa shape index (κ3) is 2.05. The van der Waals surface area contributed by atoms with Crippen molar-refractivity contribution in [3.05, 3.63) is 17.6 Å². The number of methoxy groups -OCH3 is 1. The Hall–Kier alpha value is -0.830. The number of hydrogen-bond donors (Lipinski definition) is 0. The number of aryl methyl sites for hydroxylation is 1. The van der Waals surface area contributed by atoms with E-state index in [4.69, 9.17) is 16.3 Å². The molecule has 0 N–H and O–H groups in total. The van der Waals surface area contributed by atoms with Gasteiger partial charge in [0.1, 0.15) is 5.82 Å². The lowest BCUT2D eigenvalue weighted by Gasteiger charge is -2.01. The SMILES string of the molecule is COc1cc(C)nc(CCl)n1. The summed E-state index contributed by atoms with van der Waals surface area (Å²) in [5.41, 5.74) is 0.868. The summed E-state index contributed by atoms with van der Waals surface area (Å²) in [6, 6.07) is 1.76. The first-order valence-corrected chi connectivity index (χ1v) is 3.74. The van der Waals surface area contributed by atoms with Crippen LogP contribution in [0.2, 0.25) is 0 Å². The molecule has 11 heavy (non-hydrogen) atoms. The van der Waals surface area contributed by atoms with Gasteiger partial charge in [0, 0.05) is 11.8 Å². The first kappa shape index (κ1) is 8.27. The van der Waals surface area contributed by atoms with Gasteiger partial charge < -0.3 is 4.74 Å². The molecular weight excluding hydrogens is 164 g/mol. The maximum Gasteiger partial charge on any atom is 0.216 e. The van der Waals surface area contributed by atoms with Crippen molar-refractivity contribution in [2.24, 2.45) is 0 Å². The van der Waals surface area contributed by atoms with Gasteiger partial charge in [-0.15, -0.1) is 11.6 Å². The second-order valence-electron chi connectivity index (χ2n) is 2.10. The molecule has 1 rings (SSSR count). The lowest BCUT2D eigenvalue weighted by atomic mass is 10.4. The summed E-state index contributed by atoms with van der Waals surface area (Å²) in [7, 11) is 1.57. The van der Waals surface area contributed by atoms with E-state index in [-0.39, 0.29) is 0 Å². The van der Waals surface area contributed by atoms with E-state index in [2.05, 4.69) is 9.97 Å². The van der Waals surface area contributed by atoms with E-state index in [1.165, 1.54) is 0 Å². The molecule has 0 unspecified atom stereocenters. The van der Waals surface area contributed by atoms with Crippen LogP contribution in [0, 0.1) is 6.92 Å². The van der Waals surface area contributed by atoms with E-state index < -0.39 is 0 Å². The molecule has 0 aliphatic heterocycles. The third-order valence-electron chi connectivity index (χ3n) is 1.21. The maximum absolute atomic E-state index is 5.55. The fourth-order valence-corrected chi connectivity index (χ4v) is 0.883. The van der Waals surface area contributed by atoms with Crippen LogP contribution in [-0.4, -0.2) is 17.1 Å². The van der Waals surface area contributed by atoms with Crippen LogP contribution in [0.25, 0.3) is 0 Å². The Labute approximate surface area is 70.4 Å². The van der Waals surface area contributed by atoms with Crippen LogP contribution >= 0.6 is 11.6 Å². The molecule has 0 atom stereocenters. The predicted octanol–water partition coefficient (Wildman–Crippen LogP) is 1.53. The molecule has 3 nitrogen and oxygen atoms in total. The minimum Gasteiger partial charge on any atom is -0.481 e. The zero-order valence-electron chi connectivity index (χ0n) is 6.47. The van der Waals surface area contributed by atoms with Crippen LogP contribution in [0.15, 0.2) is 6.07 Å². The van der Waals surface area contributed by atoms with Crippen molar-refractivity contribution in [1.29, 1.82) is 0 Å². The van der Waals surface area contributed by atoms with Crippen LogP contribution in [0.1, 0.15) is 11.5 Å². The van der Waals surface area contributed by atoms with Crippen LogP contribution in [-0.2, 0) is 5.88 Å². The van der Waals surface area contributed by atoms with E-state index in [0.717, 1.165) is 5.69 Å². The molecule has 0 bridgehead atoms. The van der Waals surface area contributed by atoms with Gasteiger partial charge in [-0.2, -0.15) is 4.98 Å². The van der Waals surface area contributed by atoms with Crippen molar-refractivity contribution in [3.8, 4) is 5.88 Å². The van der Waals surface area contributed by atoms with Gasteiger partial charge >= 0.3 is 0 Å². The van der Waals surface area contributed by atoms with Crippen molar-refractivity contribution in [3.63, 3.8) is 0 Å². The van der Waals surface area contributed by atoms with Crippen LogP contribution in [0.4, 0.5) is 0 Å². The van der Waals surface area contributed by atoms with E-state index >= 15 is 0 Å². The average Bonchev–Trinajstić information content (AvgIpc) is 2.03. The minimum atomic E-state index is 0.318. The zero-order chi connectivity index (χ0) is 8.27. The summed E-state index contributed by atoms with van der Waals surface area (Å²) < 4.78 is 4.93. The summed E-state index contributed by atoms with van der Waals surface area (Å²) in [5.74, 6) is 1.48. The molecule has 0 aliphatic carbocycles. The highest BCUT2D eigenvalue weighted by Crippen LogP contribution is 2.08. The van der Waals surface area contributed by atoms with Crippen molar-refractivity contribution in [2.75, 3.05) is 7.11 Å². The molecule has 0 spiro atoms. The second-order valence-corrected chi connectivity index (χ2v) is 2.37. The molecule has 0 radical (unpaired) electrons. The Kier molecular flexibility index (Phi) is 2.65. The third-order valence-corrected chi connectivity index (χ3v) is 1.44. The summed E-state index contributed by atoms with van der Waals surface area (Å²) in [6.45, 7) is 1.88. The topological polar surface area (TPSA) is 35.0 Å². The maximum atomic E-state index is 5.55. The fourth-order valence-electron chi connectivity index (χ4n) is 0.763. The van der Waals surface area contributed by atoms with Gasteiger partial charge in [0.25, 0.3) is 0 Å². The van der Waals surface area contributed by atoms with Crippen molar-refractivity contribution in [2.45, 2.75) is 12.8 Å². The van der Waals surface area contributed by atoms with Crippen molar-refractivity contribution in [1.82, 2.24) is 9.97 Å². The van der Waals surface area contributed by atoms with Gasteiger partial charge in [-0.05, 0) is 6.92 Å². The molecule has 60 valence electrons. The van der Waals surface area contributed by atoms with Crippen molar-refractivity contribution < 1.29 is 4.74 Å². The minimum absolute atomic E-state index is 0.318. The normalized spacial score (nSPS) is 9.73. The van der Waals surface area contributed by atoms with E-state index in [1.807, 2.05) is 6.92 Å². The number of nitrogens with zero attached hydrogens (tertiary/aromatic N) is 2. The van der Waals surface area contributed by atoms with Gasteiger partial charge in [0.15, 0.2) is 0 Å². The largest absolute Gasteiger partial charge is 0.481 e. The number of rotatable bonds is 2. The van der Waals surface area contributed by atoms with Gasteiger partial charge in [-0.25, -0.2) is 4.98 Å². The highest BCUT2D eigenvalue weighted by atomic mass is 35.5. The summed E-state index contributed by atoms with van der Waals surface area (Å²) in [5, 5.41) is 0. The molecule has 0 saturated heterocycles. The molecule has 0 aliphatic rings. The molecule has 0 amide bonds. The van der Waals surface area contributed by atoms with Crippen LogP contribution in [0.5, 0.6) is 5.88 Å². The van der Waals surface area contributed by atoms with Crippen LogP contribution in [0.3, 0.4) is 0 Å². The monoisotopic (exact) mass is 172 g/mol. The Morgan fingerprint density at radius 2 is 2.27 bits per heavy atom. The smallest absolute Gasteiger partial charge is 0.216 e. The average molecular weight is 173 g/mol. The number of ether oxygens (including phenoxy) is 1. The molecule has 0 fully saturated rings. The number of halogens is 1. The highest BCUT2D eigenvalue weighted by Gasteiger charge is 1.99. The lowest BCUT2D eigenvalue weighted by molar-refractivity contribution is 0.394. The predicted molar refractivity (Wildman–Crippen MR) is 42.9 cm³/mol. The highest BCUT2D eigenvalue weighted by molar-refractivity contribution is 6.16. The molecule has 1 aromatic rings. The standard InChI is InChI=1S/C7H9ClN2O/c1-5-3-7(11-2)10-6(4-8)9-5/h3H,4H2,1-2H3. The zero-order valence-corrected chi connectivity index (χ0v) is 7.22.